The van der Waals surface area contributed by atoms with Gasteiger partial charge in [0.05, 0.1) is 11.6 Å². The lowest BCUT2D eigenvalue weighted by molar-refractivity contribution is -0.162. The number of nitrogens with zero attached hydrogens (tertiary/aromatic N) is 1. The number of nitrogens with one attached hydrogen (secondary N) is 1. The number of carbonyl (C=O) groups excluding carboxylic acids is 2. The zero-order valence-electron chi connectivity index (χ0n) is 13.5. The van der Waals surface area contributed by atoms with E-state index in [-0.39, 0.29) is 5.91 Å². The monoisotopic (exact) mass is 330 g/mol. The summed E-state index contributed by atoms with van der Waals surface area (Å²) in [5.41, 5.74) is 0.195. The van der Waals surface area contributed by atoms with Crippen molar-refractivity contribution in [2.45, 2.75) is 50.1 Å². The highest BCUT2D eigenvalue weighted by Gasteiger charge is 2.51. The van der Waals surface area contributed by atoms with Gasteiger partial charge in [-0.2, -0.15) is 0 Å². The molecule has 2 N–H and O–H groups in total. The Bertz CT molecular complexity index is 638. The molecular weight excluding hydrogens is 308 g/mol. The van der Waals surface area contributed by atoms with E-state index in [9.17, 15) is 14.4 Å². The van der Waals surface area contributed by atoms with Gasteiger partial charge in [-0.3, -0.25) is 24.6 Å². The number of carbonyl (C=O) groups is 3. The van der Waals surface area contributed by atoms with Crippen LogP contribution in [-0.2, 0) is 20.8 Å². The molecule has 0 radical (unpaired) electrons. The highest BCUT2D eigenvalue weighted by molar-refractivity contribution is 6.06. The third-order valence-electron chi connectivity index (χ3n) is 4.95. The third-order valence-corrected chi connectivity index (χ3v) is 4.95. The van der Waals surface area contributed by atoms with Crippen molar-refractivity contribution in [2.24, 2.45) is 0 Å². The van der Waals surface area contributed by atoms with Crippen LogP contribution in [0.1, 0.15) is 37.7 Å². The number of carboxylic acid groups (broad SMARTS) is 1. The lowest BCUT2D eigenvalue weighted by Gasteiger charge is -2.46. The van der Waals surface area contributed by atoms with E-state index in [2.05, 4.69) is 5.32 Å². The van der Waals surface area contributed by atoms with Gasteiger partial charge in [0.15, 0.2) is 0 Å². The molecular formula is C18H22N2O4. The number of imide groups is 1. The number of hydrogen-bond acceptors (Lipinski definition) is 4. The number of aliphatic carboxylic acids is 1. The highest BCUT2D eigenvalue weighted by atomic mass is 16.4. The quantitative estimate of drug-likeness (QED) is 0.814. The highest BCUT2D eigenvalue weighted by Crippen LogP contribution is 2.33. The lowest BCUT2D eigenvalue weighted by atomic mass is 9.77. The Morgan fingerprint density at radius 1 is 1.17 bits per heavy atom. The minimum atomic E-state index is -1.16. The Hall–Kier alpha value is -2.21. The van der Waals surface area contributed by atoms with E-state index < -0.39 is 30.0 Å². The second-order valence-electron chi connectivity index (χ2n) is 6.65. The van der Waals surface area contributed by atoms with E-state index >= 15 is 0 Å². The van der Waals surface area contributed by atoms with E-state index in [0.29, 0.717) is 19.3 Å². The first-order valence-electron chi connectivity index (χ1n) is 8.41. The molecule has 0 aromatic heterocycles. The Balaban J connectivity index is 1.88. The minimum Gasteiger partial charge on any atom is -0.480 e. The Labute approximate surface area is 140 Å². The van der Waals surface area contributed by atoms with Crippen molar-refractivity contribution in [1.29, 1.82) is 0 Å². The van der Waals surface area contributed by atoms with Crippen LogP contribution in [-0.4, -0.2) is 45.9 Å². The molecule has 1 spiro atoms. The number of carboxylic acids is 1. The van der Waals surface area contributed by atoms with Gasteiger partial charge in [0.2, 0.25) is 11.8 Å². The summed E-state index contributed by atoms with van der Waals surface area (Å²) in [6.07, 6.45) is 4.64. The number of amides is 2. The smallest absolute Gasteiger partial charge is 0.323 e. The average molecular weight is 330 g/mol. The van der Waals surface area contributed by atoms with Crippen LogP contribution in [0.5, 0.6) is 0 Å². The summed E-state index contributed by atoms with van der Waals surface area (Å²) in [5.74, 6) is -1.98. The maximum atomic E-state index is 12.8. The average Bonchev–Trinajstić information content (AvgIpc) is 2.58. The van der Waals surface area contributed by atoms with Crippen LogP contribution in [0.15, 0.2) is 30.3 Å². The molecule has 1 aromatic rings. The molecule has 6 nitrogen and oxygen atoms in total. The second-order valence-corrected chi connectivity index (χ2v) is 6.65. The molecule has 6 heteroatoms. The largest absolute Gasteiger partial charge is 0.480 e. The van der Waals surface area contributed by atoms with E-state index in [0.717, 1.165) is 29.7 Å². The van der Waals surface area contributed by atoms with Gasteiger partial charge >= 0.3 is 5.97 Å². The molecule has 1 saturated carbocycles. The molecule has 1 aromatic carbocycles. The van der Waals surface area contributed by atoms with Gasteiger partial charge in [-0.15, -0.1) is 0 Å². The molecule has 2 fully saturated rings. The van der Waals surface area contributed by atoms with Crippen molar-refractivity contribution in [2.75, 3.05) is 6.54 Å². The molecule has 2 aliphatic rings. The normalized spacial score (nSPS) is 23.5. The summed E-state index contributed by atoms with van der Waals surface area (Å²) in [6, 6.07) is 9.00. The topological polar surface area (TPSA) is 86.7 Å². The van der Waals surface area contributed by atoms with Gasteiger partial charge in [0.25, 0.3) is 0 Å². The molecule has 3 rings (SSSR count). The van der Waals surface area contributed by atoms with Crippen molar-refractivity contribution in [1.82, 2.24) is 10.2 Å². The maximum Gasteiger partial charge on any atom is 0.323 e. The van der Waals surface area contributed by atoms with Crippen LogP contribution in [0.25, 0.3) is 0 Å². The predicted molar refractivity (Wildman–Crippen MR) is 87.2 cm³/mol. The van der Waals surface area contributed by atoms with E-state index in [1.807, 2.05) is 30.3 Å². The Morgan fingerprint density at radius 2 is 1.83 bits per heavy atom. The van der Waals surface area contributed by atoms with Crippen molar-refractivity contribution < 1.29 is 19.5 Å². The van der Waals surface area contributed by atoms with Crippen LogP contribution in [0.2, 0.25) is 0 Å². The second kappa shape index (κ2) is 6.73. The Kier molecular flexibility index (Phi) is 4.66. The van der Waals surface area contributed by atoms with Crippen LogP contribution in [0, 0.1) is 0 Å². The summed E-state index contributed by atoms with van der Waals surface area (Å²) >= 11 is 0. The summed E-state index contributed by atoms with van der Waals surface area (Å²) in [7, 11) is 0. The van der Waals surface area contributed by atoms with Gasteiger partial charge < -0.3 is 5.11 Å². The fourth-order valence-electron chi connectivity index (χ4n) is 3.79. The molecule has 1 aliphatic heterocycles. The minimum absolute atomic E-state index is 0.376. The predicted octanol–water partition coefficient (Wildman–Crippen LogP) is 1.34. The molecule has 1 saturated heterocycles. The number of rotatable bonds is 4. The van der Waals surface area contributed by atoms with Gasteiger partial charge in [-0.1, -0.05) is 49.6 Å². The fourth-order valence-corrected chi connectivity index (χ4v) is 3.79. The van der Waals surface area contributed by atoms with Gasteiger partial charge in [-0.25, -0.2) is 0 Å². The number of piperazine rings is 1. The van der Waals surface area contributed by atoms with E-state index in [1.165, 1.54) is 0 Å². The zero-order chi connectivity index (χ0) is 17.2. The van der Waals surface area contributed by atoms with E-state index in [1.54, 1.807) is 0 Å². The third kappa shape index (κ3) is 3.19. The molecule has 0 unspecified atom stereocenters. The van der Waals surface area contributed by atoms with Gasteiger partial charge in [0, 0.05) is 0 Å². The molecule has 1 aliphatic carbocycles. The summed E-state index contributed by atoms with van der Waals surface area (Å²) in [6.45, 7) is -0.563. The Morgan fingerprint density at radius 3 is 2.46 bits per heavy atom. The first-order chi connectivity index (χ1) is 11.5. The van der Waals surface area contributed by atoms with Crippen molar-refractivity contribution in [3.8, 4) is 0 Å². The van der Waals surface area contributed by atoms with Crippen molar-refractivity contribution >= 4 is 17.8 Å². The maximum absolute atomic E-state index is 12.8. The number of benzene rings is 1. The van der Waals surface area contributed by atoms with Gasteiger partial charge in [-0.05, 0) is 24.8 Å². The van der Waals surface area contributed by atoms with Crippen LogP contribution in [0.4, 0.5) is 0 Å². The molecule has 1 atom stereocenters. The van der Waals surface area contributed by atoms with Crippen LogP contribution < -0.4 is 5.32 Å². The van der Waals surface area contributed by atoms with E-state index in [4.69, 9.17) is 5.11 Å². The first kappa shape index (κ1) is 16.6. The lowest BCUT2D eigenvalue weighted by Crippen LogP contribution is -2.71. The molecule has 0 bridgehead atoms. The molecule has 24 heavy (non-hydrogen) atoms. The first-order valence-corrected chi connectivity index (χ1v) is 8.41. The zero-order valence-corrected chi connectivity index (χ0v) is 13.5. The summed E-state index contributed by atoms with van der Waals surface area (Å²) < 4.78 is 0. The molecule has 1 heterocycles. The standard InChI is InChI=1S/C18H22N2O4/c21-15(22)12-20-16(23)14(11-13-7-3-1-4-8-13)19-18(17(20)24)9-5-2-6-10-18/h1,3-4,7-8,14,19H,2,5-6,9-12H2,(H,21,22)/t14-/m0/s1. The molecule has 2 amide bonds. The van der Waals surface area contributed by atoms with Crippen LogP contribution >= 0.6 is 0 Å². The summed E-state index contributed by atoms with van der Waals surface area (Å²) in [5, 5.41) is 12.4. The number of hydrogen-bond donors (Lipinski definition) is 2. The van der Waals surface area contributed by atoms with Gasteiger partial charge in [0.1, 0.15) is 6.54 Å². The van der Waals surface area contributed by atoms with Crippen molar-refractivity contribution in [3.63, 3.8) is 0 Å². The molecule has 128 valence electrons. The summed E-state index contributed by atoms with van der Waals surface area (Å²) in [4.78, 5) is 37.6. The van der Waals surface area contributed by atoms with Crippen molar-refractivity contribution in [3.05, 3.63) is 35.9 Å². The SMILES string of the molecule is O=C(O)CN1C(=O)[C@H](Cc2ccccc2)NC2(CCCCC2)C1=O. The van der Waals surface area contributed by atoms with Crippen LogP contribution in [0.3, 0.4) is 0 Å². The fraction of sp³-hybridized carbons (Fsp3) is 0.500.